The average molecular weight is 312 g/mol. The maximum Gasteiger partial charge on any atom is 0.107 e. The second-order valence-electron chi connectivity index (χ2n) is 5.10. The van der Waals surface area contributed by atoms with Gasteiger partial charge in [-0.15, -0.1) is 11.8 Å². The second kappa shape index (κ2) is 8.49. The number of benzene rings is 1. The van der Waals surface area contributed by atoms with Gasteiger partial charge >= 0.3 is 0 Å². The van der Waals surface area contributed by atoms with Gasteiger partial charge in [-0.3, -0.25) is 0 Å². The predicted octanol–water partition coefficient (Wildman–Crippen LogP) is 3.18. The smallest absolute Gasteiger partial charge is 0.107 e. The monoisotopic (exact) mass is 311 g/mol. The maximum atomic E-state index is 5.85. The first kappa shape index (κ1) is 17.3. The fourth-order valence-electron chi connectivity index (χ4n) is 1.91. The van der Waals surface area contributed by atoms with Gasteiger partial charge in [-0.2, -0.15) is 0 Å². The molecule has 0 radical (unpaired) electrons. The molecule has 112 valence electrons. The van der Waals surface area contributed by atoms with Gasteiger partial charge in [0.15, 0.2) is 0 Å². The first-order valence-electron chi connectivity index (χ1n) is 6.88. The van der Waals surface area contributed by atoms with E-state index in [1.165, 1.54) is 0 Å². The third kappa shape index (κ3) is 4.96. The summed E-state index contributed by atoms with van der Waals surface area (Å²) in [5.41, 5.74) is 7.86. The molecule has 20 heavy (non-hydrogen) atoms. The van der Waals surface area contributed by atoms with Crippen molar-refractivity contribution in [1.82, 2.24) is 4.90 Å². The van der Waals surface area contributed by atoms with Crippen molar-refractivity contribution in [1.29, 1.82) is 0 Å². The van der Waals surface area contributed by atoms with Crippen LogP contribution in [-0.2, 0) is 0 Å². The van der Waals surface area contributed by atoms with Crippen molar-refractivity contribution in [3.8, 4) is 0 Å². The van der Waals surface area contributed by atoms with Crippen LogP contribution >= 0.6 is 24.0 Å². The third-order valence-electron chi connectivity index (χ3n) is 3.38. The van der Waals surface area contributed by atoms with Crippen LogP contribution in [0.1, 0.15) is 25.8 Å². The first-order chi connectivity index (χ1) is 9.47. The zero-order chi connectivity index (χ0) is 15.1. The van der Waals surface area contributed by atoms with Gasteiger partial charge in [-0.05, 0) is 52.2 Å². The molecule has 0 aliphatic rings. The van der Waals surface area contributed by atoms with Gasteiger partial charge < -0.3 is 16.0 Å². The zero-order valence-corrected chi connectivity index (χ0v) is 14.4. The highest BCUT2D eigenvalue weighted by atomic mass is 32.2. The van der Waals surface area contributed by atoms with E-state index in [0.717, 1.165) is 35.7 Å². The number of thiocarbonyl (C=S) groups is 1. The molecule has 3 N–H and O–H groups in total. The van der Waals surface area contributed by atoms with Crippen LogP contribution < -0.4 is 11.1 Å². The van der Waals surface area contributed by atoms with Gasteiger partial charge in [-0.25, -0.2) is 0 Å². The number of anilines is 1. The van der Waals surface area contributed by atoms with Crippen molar-refractivity contribution < 1.29 is 0 Å². The second-order valence-corrected chi connectivity index (χ2v) is 6.39. The standard InChI is InChI=1S/C15H25N3S2/c1-11(2)18(3)10-6-9-17-12-7-5-8-13(20-4)14(12)15(16)19/h5,7-8,11,17H,6,9-10H2,1-4H3,(H2,16,19). The van der Waals surface area contributed by atoms with E-state index in [2.05, 4.69) is 37.2 Å². The molecule has 0 aliphatic heterocycles. The maximum absolute atomic E-state index is 5.85. The summed E-state index contributed by atoms with van der Waals surface area (Å²) in [6.07, 6.45) is 3.13. The van der Waals surface area contributed by atoms with Crippen molar-refractivity contribution >= 4 is 34.7 Å². The molecular formula is C15H25N3S2. The van der Waals surface area contributed by atoms with E-state index in [0.29, 0.717) is 11.0 Å². The molecule has 5 heteroatoms. The summed E-state index contributed by atoms with van der Waals surface area (Å²) < 4.78 is 0. The Balaban J connectivity index is 2.62. The summed E-state index contributed by atoms with van der Waals surface area (Å²) in [6.45, 7) is 6.42. The van der Waals surface area contributed by atoms with E-state index >= 15 is 0 Å². The summed E-state index contributed by atoms with van der Waals surface area (Å²) in [7, 11) is 2.15. The molecule has 0 saturated heterocycles. The molecule has 0 heterocycles. The number of hydrogen-bond acceptors (Lipinski definition) is 4. The number of thioether (sulfide) groups is 1. The van der Waals surface area contributed by atoms with Gasteiger partial charge in [0, 0.05) is 28.7 Å². The predicted molar refractivity (Wildman–Crippen MR) is 95.0 cm³/mol. The fourth-order valence-corrected chi connectivity index (χ4v) is 2.84. The number of nitrogens with two attached hydrogens (primary N) is 1. The highest BCUT2D eigenvalue weighted by Gasteiger charge is 2.10. The van der Waals surface area contributed by atoms with Crippen molar-refractivity contribution in [3.63, 3.8) is 0 Å². The molecular weight excluding hydrogens is 286 g/mol. The van der Waals surface area contributed by atoms with Gasteiger partial charge in [0.05, 0.1) is 0 Å². The van der Waals surface area contributed by atoms with E-state index in [1.807, 2.05) is 18.4 Å². The minimum Gasteiger partial charge on any atom is -0.389 e. The largest absolute Gasteiger partial charge is 0.389 e. The van der Waals surface area contributed by atoms with Crippen LogP contribution in [-0.4, -0.2) is 42.3 Å². The number of nitrogens with one attached hydrogen (secondary N) is 1. The molecule has 0 unspecified atom stereocenters. The van der Waals surface area contributed by atoms with Crippen molar-refractivity contribution in [2.45, 2.75) is 31.2 Å². The summed E-state index contributed by atoms with van der Waals surface area (Å²) in [5, 5.41) is 3.46. The molecule has 0 bridgehead atoms. The molecule has 0 fully saturated rings. The van der Waals surface area contributed by atoms with Crippen molar-refractivity contribution in [2.24, 2.45) is 5.73 Å². The lowest BCUT2D eigenvalue weighted by Crippen LogP contribution is -2.28. The fraction of sp³-hybridized carbons (Fsp3) is 0.533. The van der Waals surface area contributed by atoms with Gasteiger partial charge in [0.1, 0.15) is 4.99 Å². The number of hydrogen-bond donors (Lipinski definition) is 2. The molecule has 0 aliphatic carbocycles. The lowest BCUT2D eigenvalue weighted by molar-refractivity contribution is 0.273. The highest BCUT2D eigenvalue weighted by molar-refractivity contribution is 7.98. The molecule has 1 aromatic rings. The quantitative estimate of drug-likeness (QED) is 0.438. The molecule has 0 atom stereocenters. The Hall–Kier alpha value is -0.780. The Morgan fingerprint density at radius 2 is 2.15 bits per heavy atom. The van der Waals surface area contributed by atoms with Crippen LogP contribution in [0.4, 0.5) is 5.69 Å². The minimum absolute atomic E-state index is 0.455. The van der Waals surface area contributed by atoms with E-state index in [-0.39, 0.29) is 0 Å². The van der Waals surface area contributed by atoms with E-state index in [4.69, 9.17) is 18.0 Å². The van der Waals surface area contributed by atoms with Crippen LogP contribution in [0.5, 0.6) is 0 Å². The molecule has 0 spiro atoms. The molecule has 1 aromatic carbocycles. The first-order valence-corrected chi connectivity index (χ1v) is 8.51. The summed E-state index contributed by atoms with van der Waals surface area (Å²) in [5.74, 6) is 0. The Morgan fingerprint density at radius 1 is 1.45 bits per heavy atom. The van der Waals surface area contributed by atoms with Gasteiger partial charge in [0.2, 0.25) is 0 Å². The van der Waals surface area contributed by atoms with E-state index in [1.54, 1.807) is 11.8 Å². The summed E-state index contributed by atoms with van der Waals surface area (Å²) >= 11 is 6.84. The average Bonchev–Trinajstić information content (AvgIpc) is 2.42. The van der Waals surface area contributed by atoms with Crippen LogP contribution in [0.25, 0.3) is 0 Å². The molecule has 0 saturated carbocycles. The Labute approximate surface area is 132 Å². The topological polar surface area (TPSA) is 41.3 Å². The van der Waals surface area contributed by atoms with Crippen LogP contribution in [0.15, 0.2) is 23.1 Å². The normalized spacial score (nSPS) is 11.1. The van der Waals surface area contributed by atoms with E-state index in [9.17, 15) is 0 Å². The number of rotatable bonds is 8. The third-order valence-corrected chi connectivity index (χ3v) is 4.36. The van der Waals surface area contributed by atoms with E-state index < -0.39 is 0 Å². The Kier molecular flexibility index (Phi) is 7.34. The van der Waals surface area contributed by atoms with Crippen molar-refractivity contribution in [3.05, 3.63) is 23.8 Å². The van der Waals surface area contributed by atoms with Crippen LogP contribution in [0, 0.1) is 0 Å². The Bertz CT molecular complexity index is 447. The highest BCUT2D eigenvalue weighted by Crippen LogP contribution is 2.27. The van der Waals surface area contributed by atoms with Gasteiger partial charge in [0.25, 0.3) is 0 Å². The SMILES string of the molecule is CSc1cccc(NCCCN(C)C(C)C)c1C(N)=S. The summed E-state index contributed by atoms with van der Waals surface area (Å²) in [6, 6.07) is 6.72. The van der Waals surface area contributed by atoms with Crippen molar-refractivity contribution in [2.75, 3.05) is 31.7 Å². The minimum atomic E-state index is 0.455. The molecule has 0 aromatic heterocycles. The molecule has 1 rings (SSSR count). The summed E-state index contributed by atoms with van der Waals surface area (Å²) in [4.78, 5) is 3.92. The van der Waals surface area contributed by atoms with Crippen LogP contribution in [0.3, 0.4) is 0 Å². The molecule has 3 nitrogen and oxygen atoms in total. The number of nitrogens with zero attached hydrogens (tertiary/aromatic N) is 1. The van der Waals surface area contributed by atoms with Gasteiger partial charge in [-0.1, -0.05) is 18.3 Å². The zero-order valence-electron chi connectivity index (χ0n) is 12.8. The molecule has 0 amide bonds. The lowest BCUT2D eigenvalue weighted by Gasteiger charge is -2.21. The Morgan fingerprint density at radius 3 is 2.70 bits per heavy atom. The lowest BCUT2D eigenvalue weighted by atomic mass is 10.1. The van der Waals surface area contributed by atoms with Crippen LogP contribution in [0.2, 0.25) is 0 Å².